The van der Waals surface area contributed by atoms with Gasteiger partial charge >= 0.3 is 0 Å². The highest BCUT2D eigenvalue weighted by atomic mass is 127. The molecule has 0 spiro atoms. The Labute approximate surface area is 103 Å². The minimum absolute atomic E-state index is 0.0726. The normalized spacial score (nSPS) is 20.8. The number of nitrogens with zero attached hydrogens (tertiary/aromatic N) is 1. The molecule has 2 rings (SSSR count). The maximum absolute atomic E-state index is 11.7. The Hall–Kier alpha value is -0.360. The predicted octanol–water partition coefficient (Wildman–Crippen LogP) is 1.94. The molecule has 82 valence electrons. The first kappa shape index (κ1) is 11.1. The zero-order valence-corrected chi connectivity index (χ0v) is 10.9. The first-order valence-corrected chi connectivity index (χ1v) is 6.23. The lowest BCUT2D eigenvalue weighted by Crippen LogP contribution is -2.26. The van der Waals surface area contributed by atoms with Crippen LogP contribution < -0.4 is 5.56 Å². The lowest BCUT2D eigenvalue weighted by molar-refractivity contribution is 0.0961. The summed E-state index contributed by atoms with van der Waals surface area (Å²) in [6, 6.07) is 1.69. The molecule has 2 heterocycles. The molecular formula is C11H14INO2. The van der Waals surface area contributed by atoms with Gasteiger partial charge in [0.15, 0.2) is 0 Å². The number of aromatic nitrogens is 1. The van der Waals surface area contributed by atoms with E-state index in [0.717, 1.165) is 28.6 Å². The van der Waals surface area contributed by atoms with E-state index in [1.165, 1.54) is 0 Å². The minimum Gasteiger partial charge on any atom is -0.376 e. The van der Waals surface area contributed by atoms with E-state index in [4.69, 9.17) is 4.74 Å². The first-order chi connectivity index (χ1) is 7.16. The Morgan fingerprint density at radius 2 is 2.47 bits per heavy atom. The fourth-order valence-corrected chi connectivity index (χ4v) is 2.28. The van der Waals surface area contributed by atoms with Crippen LogP contribution >= 0.6 is 22.6 Å². The molecule has 0 saturated carbocycles. The van der Waals surface area contributed by atoms with Crippen molar-refractivity contribution in [2.24, 2.45) is 0 Å². The Morgan fingerprint density at radius 3 is 3.13 bits per heavy atom. The second-order valence-corrected chi connectivity index (χ2v) is 5.09. The number of aryl methyl sites for hydroxylation is 1. The molecular weight excluding hydrogens is 305 g/mol. The largest absolute Gasteiger partial charge is 0.376 e. The summed E-state index contributed by atoms with van der Waals surface area (Å²) in [6.45, 7) is 3.48. The van der Waals surface area contributed by atoms with Gasteiger partial charge in [0.05, 0.1) is 12.6 Å². The highest BCUT2D eigenvalue weighted by Gasteiger charge is 2.16. The van der Waals surface area contributed by atoms with Crippen molar-refractivity contribution in [3.63, 3.8) is 0 Å². The van der Waals surface area contributed by atoms with Gasteiger partial charge in [0.2, 0.25) is 0 Å². The van der Waals surface area contributed by atoms with Gasteiger partial charge in [-0.1, -0.05) is 0 Å². The van der Waals surface area contributed by atoms with Gasteiger partial charge in [-0.05, 0) is 47.9 Å². The summed E-state index contributed by atoms with van der Waals surface area (Å²) in [6.07, 6.45) is 4.32. The maximum Gasteiger partial charge on any atom is 0.250 e. The number of hydrogen-bond acceptors (Lipinski definition) is 2. The van der Waals surface area contributed by atoms with E-state index in [2.05, 4.69) is 22.6 Å². The molecule has 0 N–H and O–H groups in total. The van der Waals surface area contributed by atoms with Crippen molar-refractivity contribution >= 4 is 22.6 Å². The third-order valence-corrected chi connectivity index (χ3v) is 3.82. The summed E-state index contributed by atoms with van der Waals surface area (Å²) in [7, 11) is 0. The van der Waals surface area contributed by atoms with Gasteiger partial charge in [0.25, 0.3) is 5.56 Å². The van der Waals surface area contributed by atoms with Crippen LogP contribution in [-0.2, 0) is 11.3 Å². The molecule has 15 heavy (non-hydrogen) atoms. The van der Waals surface area contributed by atoms with E-state index < -0.39 is 0 Å². The van der Waals surface area contributed by atoms with Crippen molar-refractivity contribution in [2.75, 3.05) is 6.61 Å². The van der Waals surface area contributed by atoms with E-state index in [9.17, 15) is 4.79 Å². The molecule has 4 heteroatoms. The van der Waals surface area contributed by atoms with Gasteiger partial charge in [-0.3, -0.25) is 4.79 Å². The number of ether oxygens (including phenoxy) is 1. The molecule has 1 atom stereocenters. The van der Waals surface area contributed by atoms with Crippen LogP contribution in [-0.4, -0.2) is 17.3 Å². The molecule has 0 amide bonds. The van der Waals surface area contributed by atoms with E-state index >= 15 is 0 Å². The molecule has 1 aliphatic heterocycles. The molecule has 0 radical (unpaired) electrons. The van der Waals surface area contributed by atoms with Crippen LogP contribution in [0.15, 0.2) is 17.1 Å². The van der Waals surface area contributed by atoms with Gasteiger partial charge in [0, 0.05) is 22.4 Å². The molecule has 1 unspecified atom stereocenters. The first-order valence-electron chi connectivity index (χ1n) is 5.15. The SMILES string of the molecule is Cc1cc(=O)n(CC2CCCO2)cc1I. The van der Waals surface area contributed by atoms with Crippen molar-refractivity contribution in [1.29, 1.82) is 0 Å². The van der Waals surface area contributed by atoms with Gasteiger partial charge < -0.3 is 9.30 Å². The molecule has 1 saturated heterocycles. The maximum atomic E-state index is 11.7. The minimum atomic E-state index is 0.0726. The second-order valence-electron chi connectivity index (χ2n) is 3.93. The zero-order valence-electron chi connectivity index (χ0n) is 8.70. The van der Waals surface area contributed by atoms with E-state index in [1.54, 1.807) is 10.6 Å². The Balaban J connectivity index is 2.20. The lowest BCUT2D eigenvalue weighted by atomic mass is 10.2. The Bertz CT molecular complexity index is 408. The van der Waals surface area contributed by atoms with E-state index in [-0.39, 0.29) is 11.7 Å². The quantitative estimate of drug-likeness (QED) is 0.780. The number of rotatable bonds is 2. The third kappa shape index (κ3) is 2.60. The van der Waals surface area contributed by atoms with Crippen molar-refractivity contribution < 1.29 is 4.74 Å². The van der Waals surface area contributed by atoms with Crippen LogP contribution in [0.3, 0.4) is 0 Å². The van der Waals surface area contributed by atoms with E-state index in [0.29, 0.717) is 6.54 Å². The summed E-state index contributed by atoms with van der Waals surface area (Å²) in [5, 5.41) is 0. The van der Waals surface area contributed by atoms with Gasteiger partial charge in [-0.25, -0.2) is 0 Å². The van der Waals surface area contributed by atoms with E-state index in [1.807, 2.05) is 13.1 Å². The van der Waals surface area contributed by atoms with Crippen LogP contribution in [0.2, 0.25) is 0 Å². The van der Waals surface area contributed by atoms with Gasteiger partial charge in [-0.15, -0.1) is 0 Å². The highest BCUT2D eigenvalue weighted by molar-refractivity contribution is 14.1. The van der Waals surface area contributed by atoms with Crippen LogP contribution in [0, 0.1) is 10.5 Å². The smallest absolute Gasteiger partial charge is 0.250 e. The highest BCUT2D eigenvalue weighted by Crippen LogP contribution is 2.14. The molecule has 3 nitrogen and oxygen atoms in total. The molecule has 0 aromatic carbocycles. The number of halogens is 1. The third-order valence-electron chi connectivity index (χ3n) is 2.69. The Morgan fingerprint density at radius 1 is 1.67 bits per heavy atom. The van der Waals surface area contributed by atoms with Crippen LogP contribution in [0.5, 0.6) is 0 Å². The summed E-state index contributed by atoms with van der Waals surface area (Å²) in [5.41, 5.74) is 1.12. The summed E-state index contributed by atoms with van der Waals surface area (Å²) >= 11 is 2.25. The average molecular weight is 319 g/mol. The van der Waals surface area contributed by atoms with Crippen molar-refractivity contribution in [2.45, 2.75) is 32.4 Å². The standard InChI is InChI=1S/C11H14INO2/c1-8-5-11(14)13(7-10(8)12)6-9-3-2-4-15-9/h5,7,9H,2-4,6H2,1H3. The van der Waals surface area contributed by atoms with Gasteiger partial charge in [0.1, 0.15) is 0 Å². The zero-order chi connectivity index (χ0) is 10.8. The fraction of sp³-hybridized carbons (Fsp3) is 0.545. The number of hydrogen-bond donors (Lipinski definition) is 0. The molecule has 1 aromatic heterocycles. The van der Waals surface area contributed by atoms with Crippen molar-refractivity contribution in [3.8, 4) is 0 Å². The fourth-order valence-electron chi connectivity index (χ4n) is 1.79. The van der Waals surface area contributed by atoms with Crippen LogP contribution in [0.25, 0.3) is 0 Å². The molecule has 1 fully saturated rings. The van der Waals surface area contributed by atoms with Crippen LogP contribution in [0.1, 0.15) is 18.4 Å². The number of pyridine rings is 1. The summed E-state index contributed by atoms with van der Waals surface area (Å²) < 4.78 is 8.40. The second kappa shape index (κ2) is 4.65. The van der Waals surface area contributed by atoms with Gasteiger partial charge in [-0.2, -0.15) is 0 Å². The monoisotopic (exact) mass is 319 g/mol. The van der Waals surface area contributed by atoms with Crippen LogP contribution in [0.4, 0.5) is 0 Å². The van der Waals surface area contributed by atoms with Crippen molar-refractivity contribution in [1.82, 2.24) is 4.57 Å². The molecule has 0 bridgehead atoms. The lowest BCUT2D eigenvalue weighted by Gasteiger charge is -2.12. The summed E-state index contributed by atoms with van der Waals surface area (Å²) in [5.74, 6) is 0. The Kier molecular flexibility index (Phi) is 3.45. The predicted molar refractivity (Wildman–Crippen MR) is 67.1 cm³/mol. The van der Waals surface area contributed by atoms with Crippen molar-refractivity contribution in [3.05, 3.63) is 31.8 Å². The molecule has 0 aliphatic carbocycles. The topological polar surface area (TPSA) is 31.2 Å². The molecule has 1 aliphatic rings. The summed E-state index contributed by atoms with van der Waals surface area (Å²) in [4.78, 5) is 11.7. The molecule has 1 aromatic rings. The average Bonchev–Trinajstić information content (AvgIpc) is 2.67.